The SMILES string of the molecule is O=C(O)/C(=C\c1ccc(O)c([N+](=O)[O-])c1)c1ccc(O)cc1. The number of aliphatic carboxylic acids is 1. The molecule has 0 heterocycles. The number of nitro groups is 1. The van der Waals surface area contributed by atoms with Gasteiger partial charge in [0, 0.05) is 6.07 Å². The van der Waals surface area contributed by atoms with E-state index in [9.17, 15) is 30.2 Å². The van der Waals surface area contributed by atoms with Crippen LogP contribution in [0.1, 0.15) is 11.1 Å². The third-order valence-electron chi connectivity index (χ3n) is 2.92. The summed E-state index contributed by atoms with van der Waals surface area (Å²) in [6, 6.07) is 9.09. The molecule has 3 N–H and O–H groups in total. The maximum absolute atomic E-state index is 11.4. The second kappa shape index (κ2) is 5.96. The second-order valence-electron chi connectivity index (χ2n) is 4.42. The minimum Gasteiger partial charge on any atom is -0.508 e. The summed E-state index contributed by atoms with van der Waals surface area (Å²) in [6.07, 6.45) is 1.25. The van der Waals surface area contributed by atoms with Crippen LogP contribution in [0, 0.1) is 10.1 Å². The van der Waals surface area contributed by atoms with Crippen LogP contribution in [0.25, 0.3) is 11.6 Å². The van der Waals surface area contributed by atoms with E-state index in [4.69, 9.17) is 0 Å². The van der Waals surface area contributed by atoms with E-state index >= 15 is 0 Å². The molecular formula is C15H11NO6. The van der Waals surface area contributed by atoms with E-state index in [1.807, 2.05) is 0 Å². The van der Waals surface area contributed by atoms with Gasteiger partial charge in [-0.25, -0.2) is 4.79 Å². The van der Waals surface area contributed by atoms with Crippen LogP contribution in [0.2, 0.25) is 0 Å². The van der Waals surface area contributed by atoms with E-state index in [1.165, 1.54) is 36.4 Å². The molecule has 2 aromatic carbocycles. The molecule has 2 rings (SSSR count). The quantitative estimate of drug-likeness (QED) is 0.345. The summed E-state index contributed by atoms with van der Waals surface area (Å²) in [5, 5.41) is 38.7. The van der Waals surface area contributed by atoms with Crippen LogP contribution in [0.3, 0.4) is 0 Å². The van der Waals surface area contributed by atoms with Gasteiger partial charge in [0.05, 0.1) is 10.5 Å². The highest BCUT2D eigenvalue weighted by molar-refractivity contribution is 6.20. The molecule has 0 unspecified atom stereocenters. The minimum atomic E-state index is -1.22. The Hall–Kier alpha value is -3.35. The molecular weight excluding hydrogens is 290 g/mol. The number of benzene rings is 2. The number of aromatic hydroxyl groups is 2. The van der Waals surface area contributed by atoms with E-state index in [1.54, 1.807) is 0 Å². The van der Waals surface area contributed by atoms with Crippen LogP contribution in [0.4, 0.5) is 5.69 Å². The van der Waals surface area contributed by atoms with Crippen LogP contribution in [-0.4, -0.2) is 26.2 Å². The first kappa shape index (κ1) is 15.0. The molecule has 0 fully saturated rings. The lowest BCUT2D eigenvalue weighted by atomic mass is 10.0. The van der Waals surface area contributed by atoms with Crippen molar-refractivity contribution < 1.29 is 25.0 Å². The number of hydrogen-bond donors (Lipinski definition) is 3. The Morgan fingerprint density at radius 3 is 2.27 bits per heavy atom. The number of phenolic OH excluding ortho intramolecular Hbond substituents is 2. The van der Waals surface area contributed by atoms with Crippen molar-refractivity contribution in [2.75, 3.05) is 0 Å². The Balaban J connectivity index is 2.51. The number of nitrogens with zero attached hydrogens (tertiary/aromatic N) is 1. The minimum absolute atomic E-state index is 0.00578. The number of carboxylic acid groups (broad SMARTS) is 1. The number of carbonyl (C=O) groups is 1. The van der Waals surface area contributed by atoms with E-state index in [-0.39, 0.29) is 16.9 Å². The third-order valence-corrected chi connectivity index (χ3v) is 2.92. The van der Waals surface area contributed by atoms with Gasteiger partial charge in [0.2, 0.25) is 0 Å². The van der Waals surface area contributed by atoms with Crippen molar-refractivity contribution in [2.45, 2.75) is 0 Å². The second-order valence-corrected chi connectivity index (χ2v) is 4.42. The Morgan fingerprint density at radius 2 is 1.73 bits per heavy atom. The summed E-state index contributed by atoms with van der Waals surface area (Å²) in [7, 11) is 0. The average molecular weight is 301 g/mol. The van der Waals surface area contributed by atoms with Crippen molar-refractivity contribution in [2.24, 2.45) is 0 Å². The van der Waals surface area contributed by atoms with Gasteiger partial charge >= 0.3 is 11.7 Å². The molecule has 0 spiro atoms. The third kappa shape index (κ3) is 3.21. The standard InChI is InChI=1S/C15H11NO6/c17-11-4-2-10(3-5-11)12(15(19)20)7-9-1-6-14(18)13(8-9)16(21)22/h1-8,17-18H,(H,19,20)/b12-7-. The first-order chi connectivity index (χ1) is 10.4. The van der Waals surface area contributed by atoms with Crippen molar-refractivity contribution in [3.8, 4) is 11.5 Å². The summed E-state index contributed by atoms with van der Waals surface area (Å²) in [5.41, 5.74) is -0.0137. The molecule has 7 nitrogen and oxygen atoms in total. The largest absolute Gasteiger partial charge is 0.508 e. The molecule has 0 saturated carbocycles. The van der Waals surface area contributed by atoms with Gasteiger partial charge in [-0.2, -0.15) is 0 Å². The van der Waals surface area contributed by atoms with Crippen LogP contribution < -0.4 is 0 Å². The van der Waals surface area contributed by atoms with Gasteiger partial charge in [-0.3, -0.25) is 10.1 Å². The molecule has 0 atom stereocenters. The number of hydrogen-bond acceptors (Lipinski definition) is 5. The smallest absolute Gasteiger partial charge is 0.336 e. The molecule has 0 amide bonds. The Kier molecular flexibility index (Phi) is 4.08. The van der Waals surface area contributed by atoms with E-state index < -0.39 is 22.3 Å². The fourth-order valence-corrected chi connectivity index (χ4v) is 1.85. The molecule has 0 aliphatic rings. The zero-order valence-corrected chi connectivity index (χ0v) is 11.1. The van der Waals surface area contributed by atoms with Crippen molar-refractivity contribution in [3.05, 3.63) is 63.7 Å². The Morgan fingerprint density at radius 1 is 1.09 bits per heavy atom. The van der Waals surface area contributed by atoms with Gasteiger partial charge in [-0.15, -0.1) is 0 Å². The average Bonchev–Trinajstić information content (AvgIpc) is 2.47. The summed E-state index contributed by atoms with van der Waals surface area (Å²) in [5.74, 6) is -1.72. The maximum atomic E-state index is 11.4. The van der Waals surface area contributed by atoms with Gasteiger partial charge in [-0.05, 0) is 35.4 Å². The number of carboxylic acids is 1. The summed E-state index contributed by atoms with van der Waals surface area (Å²) in [6.45, 7) is 0. The first-order valence-electron chi connectivity index (χ1n) is 6.10. The van der Waals surface area contributed by atoms with Crippen LogP contribution >= 0.6 is 0 Å². The van der Waals surface area contributed by atoms with Crippen molar-refractivity contribution in [1.82, 2.24) is 0 Å². The highest BCUT2D eigenvalue weighted by Crippen LogP contribution is 2.28. The zero-order valence-electron chi connectivity index (χ0n) is 11.1. The number of phenols is 2. The predicted molar refractivity (Wildman–Crippen MR) is 78.4 cm³/mol. The lowest BCUT2D eigenvalue weighted by Crippen LogP contribution is -1.99. The van der Waals surface area contributed by atoms with Crippen molar-refractivity contribution >= 4 is 23.3 Å². The predicted octanol–water partition coefficient (Wildman–Crippen LogP) is 2.63. The number of rotatable bonds is 4. The fourth-order valence-electron chi connectivity index (χ4n) is 1.85. The summed E-state index contributed by atoms with van der Waals surface area (Å²) in [4.78, 5) is 21.4. The summed E-state index contributed by atoms with van der Waals surface area (Å²) >= 11 is 0. The Labute approximate surface area is 124 Å². The molecule has 0 aromatic heterocycles. The first-order valence-corrected chi connectivity index (χ1v) is 6.10. The fraction of sp³-hybridized carbons (Fsp3) is 0. The highest BCUT2D eigenvalue weighted by Gasteiger charge is 2.15. The topological polar surface area (TPSA) is 121 Å². The van der Waals surface area contributed by atoms with Crippen molar-refractivity contribution in [1.29, 1.82) is 0 Å². The Bertz CT molecular complexity index is 764. The van der Waals surface area contributed by atoms with E-state index in [2.05, 4.69) is 0 Å². The highest BCUT2D eigenvalue weighted by atomic mass is 16.6. The van der Waals surface area contributed by atoms with Crippen LogP contribution in [0.5, 0.6) is 11.5 Å². The normalized spacial score (nSPS) is 11.2. The van der Waals surface area contributed by atoms with Gasteiger partial charge in [0.25, 0.3) is 0 Å². The monoisotopic (exact) mass is 301 g/mol. The number of nitro benzene ring substituents is 1. The molecule has 0 radical (unpaired) electrons. The van der Waals surface area contributed by atoms with Gasteiger partial charge in [-0.1, -0.05) is 18.2 Å². The molecule has 7 heteroatoms. The van der Waals surface area contributed by atoms with E-state index in [0.717, 1.165) is 12.1 Å². The zero-order chi connectivity index (χ0) is 16.3. The lowest BCUT2D eigenvalue weighted by Gasteiger charge is -2.04. The maximum Gasteiger partial charge on any atom is 0.336 e. The van der Waals surface area contributed by atoms with Crippen molar-refractivity contribution in [3.63, 3.8) is 0 Å². The molecule has 0 saturated heterocycles. The van der Waals surface area contributed by atoms with Crippen LogP contribution in [0.15, 0.2) is 42.5 Å². The van der Waals surface area contributed by atoms with E-state index in [0.29, 0.717) is 5.56 Å². The van der Waals surface area contributed by atoms with Gasteiger partial charge in [0.15, 0.2) is 5.75 Å². The molecule has 22 heavy (non-hydrogen) atoms. The molecule has 112 valence electrons. The molecule has 2 aromatic rings. The van der Waals surface area contributed by atoms with Crippen LogP contribution in [-0.2, 0) is 4.79 Å². The summed E-state index contributed by atoms with van der Waals surface area (Å²) < 4.78 is 0. The van der Waals surface area contributed by atoms with Gasteiger partial charge in [0.1, 0.15) is 5.75 Å². The van der Waals surface area contributed by atoms with Gasteiger partial charge < -0.3 is 15.3 Å². The molecule has 0 aliphatic carbocycles. The molecule has 0 bridgehead atoms. The molecule has 0 aliphatic heterocycles. The lowest BCUT2D eigenvalue weighted by molar-refractivity contribution is -0.385.